The summed E-state index contributed by atoms with van der Waals surface area (Å²) in [6.07, 6.45) is 8.05. The molecule has 0 spiro atoms. The van der Waals surface area contributed by atoms with Crippen molar-refractivity contribution in [3.8, 4) is 44.8 Å². The van der Waals surface area contributed by atoms with Gasteiger partial charge in [-0.2, -0.15) is 0 Å². The predicted octanol–water partition coefficient (Wildman–Crippen LogP) is 9.56. The molecule has 300 valence electrons. The van der Waals surface area contributed by atoms with Gasteiger partial charge in [-0.3, -0.25) is 19.3 Å². The summed E-state index contributed by atoms with van der Waals surface area (Å²) in [5.41, 5.74) is 9.64. The Kier molecular flexibility index (Phi) is 10.8. The van der Waals surface area contributed by atoms with Crippen LogP contribution in [0.5, 0.6) is 0 Å². The number of likely N-dealkylation sites (tertiary alicyclic amines) is 2. The Hall–Kier alpha value is -6.91. The van der Waals surface area contributed by atoms with Gasteiger partial charge in [0, 0.05) is 24.2 Å². The molecule has 2 aliphatic rings. The van der Waals surface area contributed by atoms with Crippen LogP contribution in [0.1, 0.15) is 81.7 Å². The van der Waals surface area contributed by atoms with Gasteiger partial charge >= 0.3 is 0 Å². The number of carbonyl (C=O) groups is 3. The lowest BCUT2D eigenvalue weighted by atomic mass is 9.95. The Labute approximate surface area is 349 Å². The molecule has 3 atom stereocenters. The van der Waals surface area contributed by atoms with Crippen LogP contribution in [0, 0.1) is 0 Å². The molecule has 2 aliphatic heterocycles. The van der Waals surface area contributed by atoms with Crippen LogP contribution in [0.15, 0.2) is 140 Å². The molecule has 10 nitrogen and oxygen atoms in total. The van der Waals surface area contributed by atoms with Gasteiger partial charge in [-0.1, -0.05) is 121 Å². The van der Waals surface area contributed by atoms with E-state index in [0.717, 1.165) is 94.0 Å². The van der Waals surface area contributed by atoms with E-state index in [4.69, 9.17) is 9.97 Å². The highest BCUT2D eigenvalue weighted by atomic mass is 16.2. The molecule has 4 heterocycles. The van der Waals surface area contributed by atoms with Gasteiger partial charge < -0.3 is 19.8 Å². The molecule has 7 aromatic rings. The van der Waals surface area contributed by atoms with Crippen molar-refractivity contribution in [3.63, 3.8) is 0 Å². The molecular weight excluding hydrogens is 747 g/mol. The van der Waals surface area contributed by atoms with Gasteiger partial charge in [0.05, 0.1) is 35.9 Å². The van der Waals surface area contributed by atoms with Crippen LogP contribution >= 0.6 is 0 Å². The van der Waals surface area contributed by atoms with Crippen molar-refractivity contribution in [3.05, 3.63) is 168 Å². The molecule has 2 aromatic heterocycles. The van der Waals surface area contributed by atoms with E-state index in [1.165, 1.54) is 0 Å². The third-order valence-corrected chi connectivity index (χ3v) is 12.0. The van der Waals surface area contributed by atoms with Crippen LogP contribution in [-0.4, -0.2) is 79.9 Å². The van der Waals surface area contributed by atoms with Crippen molar-refractivity contribution >= 4 is 18.1 Å². The van der Waals surface area contributed by atoms with Crippen LogP contribution in [0.4, 0.5) is 0 Å². The molecule has 0 radical (unpaired) electrons. The van der Waals surface area contributed by atoms with Crippen LogP contribution in [0.3, 0.4) is 0 Å². The molecule has 10 heteroatoms. The molecule has 5 aromatic carbocycles. The summed E-state index contributed by atoms with van der Waals surface area (Å²) < 4.78 is 0. The summed E-state index contributed by atoms with van der Waals surface area (Å²) in [7, 11) is 3.91. The Morgan fingerprint density at radius 2 is 1.13 bits per heavy atom. The highest BCUT2D eigenvalue weighted by Gasteiger charge is 2.37. The highest BCUT2D eigenvalue weighted by molar-refractivity contribution is 6.03. The van der Waals surface area contributed by atoms with Crippen molar-refractivity contribution in [2.24, 2.45) is 0 Å². The zero-order valence-corrected chi connectivity index (χ0v) is 33.8. The zero-order chi connectivity index (χ0) is 41.2. The summed E-state index contributed by atoms with van der Waals surface area (Å²) in [5.74, 6) is 1.61. The number of hydrogen-bond donors (Lipinski definition) is 2. The van der Waals surface area contributed by atoms with Gasteiger partial charge in [0.1, 0.15) is 17.7 Å². The normalized spacial score (nSPS) is 17.0. The Morgan fingerprint density at radius 3 is 1.72 bits per heavy atom. The summed E-state index contributed by atoms with van der Waals surface area (Å²) in [6.45, 7) is 1.34. The Balaban J connectivity index is 0.870. The lowest BCUT2D eigenvalue weighted by Crippen LogP contribution is -2.40. The number of aromatic nitrogens is 4. The minimum Gasteiger partial charge on any atom is -0.340 e. The van der Waals surface area contributed by atoms with Gasteiger partial charge in [0.25, 0.3) is 5.91 Å². The van der Waals surface area contributed by atoms with E-state index < -0.39 is 0 Å². The van der Waals surface area contributed by atoms with Crippen LogP contribution < -0.4 is 0 Å². The number of hydrogen-bond acceptors (Lipinski definition) is 6. The second-order valence-corrected chi connectivity index (χ2v) is 15.9. The van der Waals surface area contributed by atoms with E-state index in [1.807, 2.05) is 114 Å². The van der Waals surface area contributed by atoms with Crippen LogP contribution in [0.25, 0.3) is 44.8 Å². The molecule has 0 aliphatic carbocycles. The lowest BCUT2D eigenvalue weighted by molar-refractivity contribution is -0.137. The number of carbonyl (C=O) groups excluding carboxylic acids is 3. The maximum atomic E-state index is 14.1. The fourth-order valence-corrected chi connectivity index (χ4v) is 8.96. The first-order chi connectivity index (χ1) is 29.4. The maximum absolute atomic E-state index is 14.1. The van der Waals surface area contributed by atoms with E-state index in [0.29, 0.717) is 24.2 Å². The van der Waals surface area contributed by atoms with Gasteiger partial charge in [-0.05, 0) is 84.8 Å². The quantitative estimate of drug-likeness (QED) is 0.126. The first-order valence-corrected chi connectivity index (χ1v) is 20.7. The van der Waals surface area contributed by atoms with Crippen LogP contribution in [-0.2, 0) is 4.79 Å². The predicted molar refractivity (Wildman–Crippen MR) is 234 cm³/mol. The first kappa shape index (κ1) is 38.6. The minimum absolute atomic E-state index is 0.0696. The van der Waals surface area contributed by atoms with E-state index in [-0.39, 0.29) is 29.9 Å². The molecule has 2 fully saturated rings. The molecule has 0 bridgehead atoms. The lowest BCUT2D eigenvalue weighted by Gasteiger charge is -2.31. The molecule has 2 N–H and O–H groups in total. The third kappa shape index (κ3) is 7.46. The zero-order valence-electron chi connectivity index (χ0n) is 33.8. The minimum atomic E-state index is -0.351. The molecule has 2 saturated heterocycles. The van der Waals surface area contributed by atoms with Crippen molar-refractivity contribution in [1.29, 1.82) is 0 Å². The van der Waals surface area contributed by atoms with Gasteiger partial charge in [0.2, 0.25) is 5.91 Å². The largest absolute Gasteiger partial charge is 0.340 e. The number of nitrogens with zero attached hydrogens (tertiary/aromatic N) is 5. The fraction of sp³-hybridized carbons (Fsp3) is 0.220. The number of imidazole rings is 2. The summed E-state index contributed by atoms with van der Waals surface area (Å²) in [4.78, 5) is 62.4. The number of likely N-dealkylation sites (N-methyl/N-ethyl adjacent to an activating group) is 1. The smallest absolute Gasteiger partial charge is 0.255 e. The molecule has 60 heavy (non-hydrogen) atoms. The van der Waals surface area contributed by atoms with E-state index >= 15 is 0 Å². The number of aldehydes is 1. The number of benzene rings is 5. The topological polar surface area (TPSA) is 118 Å². The molecule has 2 amide bonds. The van der Waals surface area contributed by atoms with Gasteiger partial charge in [-0.25, -0.2) is 9.97 Å². The van der Waals surface area contributed by atoms with Gasteiger partial charge in [-0.15, -0.1) is 0 Å². The maximum Gasteiger partial charge on any atom is 0.255 e. The number of H-pyrrole nitrogens is 2. The SMILES string of the molecule is CN(C)[C@@H](C(=O)N1CCC[C@H]1c1ncc(-c2ccc(-c3ccc(-c4cnc([C@@H]5CCCN5C(=O)c5ccccc5-c5ccccc5C=O)[nH]4)cc3)cc2)[nH]1)c1ccccc1. The number of aromatic amines is 2. The average molecular weight is 794 g/mol. The summed E-state index contributed by atoms with van der Waals surface area (Å²) in [5, 5.41) is 0. The highest BCUT2D eigenvalue weighted by Crippen LogP contribution is 2.37. The van der Waals surface area contributed by atoms with Gasteiger partial charge in [0.15, 0.2) is 6.29 Å². The average Bonchev–Trinajstić information content (AvgIpc) is 4.14. The second-order valence-electron chi connectivity index (χ2n) is 15.9. The molecular formula is C50H47N7O3. The number of rotatable bonds is 11. The van der Waals surface area contributed by atoms with Crippen LogP contribution in [0.2, 0.25) is 0 Å². The third-order valence-electron chi connectivity index (χ3n) is 12.0. The Morgan fingerprint density at radius 1 is 0.633 bits per heavy atom. The van der Waals surface area contributed by atoms with E-state index in [1.54, 1.807) is 6.07 Å². The Bertz CT molecular complexity index is 2630. The van der Waals surface area contributed by atoms with E-state index in [9.17, 15) is 14.4 Å². The first-order valence-electron chi connectivity index (χ1n) is 20.7. The fourth-order valence-electron chi connectivity index (χ4n) is 8.96. The molecule has 9 rings (SSSR count). The van der Waals surface area contributed by atoms with Crippen molar-refractivity contribution in [2.75, 3.05) is 27.2 Å². The second kappa shape index (κ2) is 16.8. The summed E-state index contributed by atoms with van der Waals surface area (Å²) >= 11 is 0. The summed E-state index contributed by atoms with van der Waals surface area (Å²) in [6, 6.07) is 41.1. The monoisotopic (exact) mass is 793 g/mol. The standard InChI is InChI=1S/C50H47N7O3/c1-55(2)46(37-12-4-3-5-13-37)50(60)57-29-11-19-45(57)48-52-31-43(54-48)36-26-22-34(23-27-36)33-20-24-35(25-21-33)42-30-51-47(53-42)44-18-10-28-56(44)49(59)41-17-9-8-16-40(41)39-15-7-6-14-38(39)32-58/h3-9,12-17,20-27,30-32,44-46H,10-11,18-19,28-29H2,1-2H3,(H,51,53)(H,52,54)/t44-,45-,46+/m0/s1. The van der Waals surface area contributed by atoms with Crippen molar-refractivity contribution < 1.29 is 14.4 Å². The van der Waals surface area contributed by atoms with E-state index in [2.05, 4.69) is 58.5 Å². The molecule has 0 unspecified atom stereocenters. The van der Waals surface area contributed by atoms with Crippen molar-refractivity contribution in [2.45, 2.75) is 43.8 Å². The number of nitrogens with one attached hydrogen (secondary N) is 2. The molecule has 0 saturated carbocycles. The van der Waals surface area contributed by atoms with Crippen molar-refractivity contribution in [1.82, 2.24) is 34.6 Å². The number of amides is 2.